The molecule has 0 amide bonds. The molecule has 2 nitrogen and oxygen atoms in total. The largest absolute Gasteiger partial charge is 0.454 e. The van der Waals surface area contributed by atoms with Gasteiger partial charge in [0.2, 0.25) is 0 Å². The highest BCUT2D eigenvalue weighted by Crippen LogP contribution is 2.48. The molecule has 0 atom stereocenters. The number of rotatable bonds is 7. The normalized spacial score (nSPS) is 11.5. The van der Waals surface area contributed by atoms with Gasteiger partial charge in [0.05, 0.1) is 5.69 Å². The van der Waals surface area contributed by atoms with E-state index in [2.05, 4.69) is 211 Å². The zero-order valence-electron chi connectivity index (χ0n) is 31.0. The number of para-hydroxylation sites is 1. The van der Waals surface area contributed by atoms with E-state index in [1.807, 2.05) is 17.4 Å². The Bertz CT molecular complexity index is 3210. The molecule has 0 N–H and O–H groups in total. The van der Waals surface area contributed by atoms with Crippen LogP contribution >= 0.6 is 11.3 Å². The highest BCUT2D eigenvalue weighted by Gasteiger charge is 2.24. The first-order chi connectivity index (χ1) is 28.3. The maximum absolute atomic E-state index is 6.85. The van der Waals surface area contributed by atoms with E-state index in [0.717, 1.165) is 55.7 Å². The summed E-state index contributed by atoms with van der Waals surface area (Å²) in [6, 6.07) is 76.2. The van der Waals surface area contributed by atoms with Crippen molar-refractivity contribution in [2.24, 2.45) is 0 Å². The number of benzene rings is 9. The van der Waals surface area contributed by atoms with Gasteiger partial charge in [0.1, 0.15) is 5.58 Å². The molecule has 2 aromatic heterocycles. The lowest BCUT2D eigenvalue weighted by Gasteiger charge is -2.28. The number of fused-ring (bicyclic) bond motifs is 6. The Hall–Kier alpha value is -7.20. The lowest BCUT2D eigenvalue weighted by molar-refractivity contribution is 0.669. The maximum atomic E-state index is 6.85. The zero-order chi connectivity index (χ0) is 37.7. The van der Waals surface area contributed by atoms with Crippen LogP contribution in [0.4, 0.5) is 17.1 Å². The molecular formula is C54H35NOS. The molecule has 0 radical (unpaired) electrons. The average Bonchev–Trinajstić information content (AvgIpc) is 3.87. The van der Waals surface area contributed by atoms with Gasteiger partial charge in [-0.15, -0.1) is 11.3 Å². The van der Waals surface area contributed by atoms with E-state index in [1.54, 1.807) is 0 Å². The Kier molecular flexibility index (Phi) is 8.04. The lowest BCUT2D eigenvalue weighted by Crippen LogP contribution is -2.11. The summed E-state index contributed by atoms with van der Waals surface area (Å²) in [6.45, 7) is 0. The van der Waals surface area contributed by atoms with Crippen LogP contribution in [0.5, 0.6) is 0 Å². The predicted molar refractivity (Wildman–Crippen MR) is 243 cm³/mol. The third-order valence-corrected chi connectivity index (χ3v) is 12.3. The summed E-state index contributed by atoms with van der Waals surface area (Å²) >= 11 is 1.87. The van der Waals surface area contributed by atoms with Crippen LogP contribution in [0.2, 0.25) is 0 Å². The van der Waals surface area contributed by atoms with Crippen molar-refractivity contribution in [3.8, 4) is 44.5 Å². The highest BCUT2D eigenvalue weighted by atomic mass is 32.1. The first kappa shape index (κ1) is 33.2. The molecule has 9 aromatic carbocycles. The molecule has 57 heavy (non-hydrogen) atoms. The van der Waals surface area contributed by atoms with Gasteiger partial charge in [0, 0.05) is 47.9 Å². The van der Waals surface area contributed by atoms with Crippen LogP contribution in [0.3, 0.4) is 0 Å². The molecule has 268 valence electrons. The van der Waals surface area contributed by atoms with E-state index in [1.165, 1.54) is 48.0 Å². The van der Waals surface area contributed by atoms with Crippen LogP contribution in [0.1, 0.15) is 0 Å². The van der Waals surface area contributed by atoms with Gasteiger partial charge in [-0.25, -0.2) is 0 Å². The maximum Gasteiger partial charge on any atom is 0.160 e. The highest BCUT2D eigenvalue weighted by molar-refractivity contribution is 7.26. The van der Waals surface area contributed by atoms with Crippen molar-refractivity contribution >= 4 is 70.5 Å². The van der Waals surface area contributed by atoms with Crippen molar-refractivity contribution in [2.45, 2.75) is 0 Å². The number of hydrogen-bond acceptors (Lipinski definition) is 3. The molecule has 0 bridgehead atoms. The van der Waals surface area contributed by atoms with Crippen molar-refractivity contribution in [3.05, 3.63) is 212 Å². The number of anilines is 3. The van der Waals surface area contributed by atoms with Crippen LogP contribution in [-0.4, -0.2) is 0 Å². The Morgan fingerprint density at radius 2 is 0.895 bits per heavy atom. The standard InChI is InChI=1S/C54H35NOS/c1-3-13-36(14-4-1)40-17-11-18-41(35-40)37-25-29-42(30-26-37)55(43-31-27-39(28-32-43)45-21-12-22-49-47-20-8-10-24-51(47)57-54(45)49)52-44(38-15-5-2-6-16-38)33-34-48-46-19-7-9-23-50(46)56-53(48)52/h1-35H. The SMILES string of the molecule is c1ccc(-c2cccc(-c3ccc(N(c4ccc(-c5cccc6c5sc5ccccc56)cc4)c4c(-c5ccccc5)ccc5c4oc4ccccc45)cc3)c2)cc1. The van der Waals surface area contributed by atoms with Crippen LogP contribution < -0.4 is 4.90 Å². The van der Waals surface area contributed by atoms with Crippen LogP contribution in [0, 0.1) is 0 Å². The van der Waals surface area contributed by atoms with Gasteiger partial charge in [0.25, 0.3) is 0 Å². The molecular weight excluding hydrogens is 711 g/mol. The van der Waals surface area contributed by atoms with Crippen LogP contribution in [0.25, 0.3) is 86.6 Å². The average molecular weight is 746 g/mol. The van der Waals surface area contributed by atoms with Crippen LogP contribution in [-0.2, 0) is 0 Å². The van der Waals surface area contributed by atoms with Crippen molar-refractivity contribution in [2.75, 3.05) is 4.90 Å². The predicted octanol–water partition coefficient (Wildman–Crippen LogP) is 16.1. The molecule has 0 aliphatic carbocycles. The smallest absolute Gasteiger partial charge is 0.160 e. The molecule has 0 fully saturated rings. The van der Waals surface area contributed by atoms with E-state index in [4.69, 9.17) is 4.42 Å². The number of furan rings is 1. The Morgan fingerprint density at radius 1 is 0.351 bits per heavy atom. The molecule has 2 heterocycles. The molecule has 3 heteroatoms. The molecule has 0 unspecified atom stereocenters. The molecule has 0 aliphatic rings. The lowest BCUT2D eigenvalue weighted by atomic mass is 9.97. The monoisotopic (exact) mass is 745 g/mol. The number of thiophene rings is 1. The second-order valence-electron chi connectivity index (χ2n) is 14.5. The van der Waals surface area contributed by atoms with Crippen molar-refractivity contribution in [1.82, 2.24) is 0 Å². The van der Waals surface area contributed by atoms with Crippen molar-refractivity contribution in [1.29, 1.82) is 0 Å². The topological polar surface area (TPSA) is 16.4 Å². The zero-order valence-corrected chi connectivity index (χ0v) is 31.8. The minimum Gasteiger partial charge on any atom is -0.454 e. The summed E-state index contributed by atoms with van der Waals surface area (Å²) in [4.78, 5) is 2.38. The van der Waals surface area contributed by atoms with Crippen LogP contribution in [0.15, 0.2) is 217 Å². The summed E-state index contributed by atoms with van der Waals surface area (Å²) in [5.74, 6) is 0. The Labute approximate surface area is 335 Å². The first-order valence-electron chi connectivity index (χ1n) is 19.3. The fourth-order valence-electron chi connectivity index (χ4n) is 8.33. The minimum absolute atomic E-state index is 0.858. The first-order valence-corrected chi connectivity index (χ1v) is 20.1. The molecule has 0 spiro atoms. The summed E-state index contributed by atoms with van der Waals surface area (Å²) < 4.78 is 9.47. The van der Waals surface area contributed by atoms with E-state index in [0.29, 0.717) is 0 Å². The summed E-state index contributed by atoms with van der Waals surface area (Å²) in [5, 5.41) is 4.81. The van der Waals surface area contributed by atoms with E-state index in [-0.39, 0.29) is 0 Å². The third-order valence-electron chi connectivity index (χ3n) is 11.1. The molecule has 0 saturated heterocycles. The number of hydrogen-bond donors (Lipinski definition) is 0. The van der Waals surface area contributed by atoms with Gasteiger partial charge in [-0.2, -0.15) is 0 Å². The van der Waals surface area contributed by atoms with Gasteiger partial charge in [-0.1, -0.05) is 164 Å². The van der Waals surface area contributed by atoms with Gasteiger partial charge in [-0.05, 0) is 87.5 Å². The molecule has 0 aliphatic heterocycles. The van der Waals surface area contributed by atoms with Gasteiger partial charge in [-0.3, -0.25) is 0 Å². The summed E-state index contributed by atoms with van der Waals surface area (Å²) in [7, 11) is 0. The fraction of sp³-hybridized carbons (Fsp3) is 0. The van der Waals surface area contributed by atoms with Crippen molar-refractivity contribution < 1.29 is 4.42 Å². The quantitative estimate of drug-likeness (QED) is 0.162. The van der Waals surface area contributed by atoms with Gasteiger partial charge in [0.15, 0.2) is 5.58 Å². The fourth-order valence-corrected chi connectivity index (χ4v) is 9.57. The van der Waals surface area contributed by atoms with E-state index >= 15 is 0 Å². The van der Waals surface area contributed by atoms with E-state index in [9.17, 15) is 0 Å². The minimum atomic E-state index is 0.858. The Morgan fingerprint density at radius 3 is 1.63 bits per heavy atom. The molecule has 11 rings (SSSR count). The van der Waals surface area contributed by atoms with Gasteiger partial charge < -0.3 is 9.32 Å². The number of nitrogens with zero attached hydrogens (tertiary/aromatic N) is 1. The molecule has 0 saturated carbocycles. The second kappa shape index (κ2) is 13.8. The third kappa shape index (κ3) is 5.80. The second-order valence-corrected chi connectivity index (χ2v) is 15.5. The van der Waals surface area contributed by atoms with Gasteiger partial charge >= 0.3 is 0 Å². The van der Waals surface area contributed by atoms with Crippen molar-refractivity contribution in [3.63, 3.8) is 0 Å². The molecule has 11 aromatic rings. The Balaban J connectivity index is 1.10. The summed E-state index contributed by atoms with van der Waals surface area (Å²) in [5.41, 5.74) is 14.2. The summed E-state index contributed by atoms with van der Waals surface area (Å²) in [6.07, 6.45) is 0. The van der Waals surface area contributed by atoms with E-state index < -0.39 is 0 Å².